The van der Waals surface area contributed by atoms with Crippen molar-refractivity contribution in [3.8, 4) is 11.5 Å². The average molecular weight is 1210 g/mol. The zero-order valence-corrected chi connectivity index (χ0v) is 47.2. The number of aromatic amines is 2. The second-order valence-corrected chi connectivity index (χ2v) is 22.5. The van der Waals surface area contributed by atoms with Crippen molar-refractivity contribution in [3.05, 3.63) is 139 Å². The Balaban J connectivity index is 0.000000166. The Bertz CT molecular complexity index is 3050. The molecule has 5 aromatic heterocycles. The van der Waals surface area contributed by atoms with E-state index in [4.69, 9.17) is 9.47 Å². The molecule has 3 saturated heterocycles. The molecule has 5 aromatic rings. The Morgan fingerprint density at radius 1 is 0.707 bits per heavy atom. The van der Waals surface area contributed by atoms with Crippen molar-refractivity contribution in [3.63, 3.8) is 0 Å². The predicted molar refractivity (Wildman–Crippen MR) is 301 cm³/mol. The van der Waals surface area contributed by atoms with E-state index in [1.807, 2.05) is 6.07 Å². The number of halogens is 7. The first-order chi connectivity index (χ1) is 39.0. The molecule has 441 valence electrons. The van der Waals surface area contributed by atoms with Crippen molar-refractivity contribution in [2.45, 2.75) is 105 Å². The summed E-state index contributed by atoms with van der Waals surface area (Å²) in [6.45, 7) is 5.85. The van der Waals surface area contributed by atoms with Gasteiger partial charge in [-0.25, -0.2) is 36.3 Å². The number of hydrogen-bond donors (Lipinski definition) is 5. The van der Waals surface area contributed by atoms with Crippen molar-refractivity contribution in [2.75, 3.05) is 63.1 Å². The summed E-state index contributed by atoms with van der Waals surface area (Å²) in [5, 5.41) is 8.38. The molecule has 0 aromatic carbocycles. The van der Waals surface area contributed by atoms with E-state index in [-0.39, 0.29) is 85.3 Å². The molecule has 18 nitrogen and oxygen atoms in total. The van der Waals surface area contributed by atoms with Crippen LogP contribution in [0.25, 0.3) is 0 Å². The number of carbonyl (C=O) groups is 3. The number of aryl methyl sites for hydroxylation is 1. The molecule has 5 aliphatic rings. The topological polar surface area (TPSA) is 226 Å². The number of piperidine rings is 3. The highest BCUT2D eigenvalue weighted by Crippen LogP contribution is 2.42. The van der Waals surface area contributed by atoms with Crippen molar-refractivity contribution in [1.82, 2.24) is 39.5 Å². The van der Waals surface area contributed by atoms with Crippen LogP contribution in [-0.4, -0.2) is 141 Å². The van der Waals surface area contributed by atoms with E-state index in [0.717, 1.165) is 18.3 Å². The first-order valence-electron chi connectivity index (χ1n) is 27.1. The molecule has 8 heterocycles. The molecular formula is C56H67BBrF6N10O8. The Morgan fingerprint density at radius 3 is 1.70 bits per heavy atom. The van der Waals surface area contributed by atoms with Gasteiger partial charge in [-0.3, -0.25) is 28.9 Å². The van der Waals surface area contributed by atoms with Crippen molar-refractivity contribution in [1.29, 1.82) is 0 Å². The fourth-order valence-corrected chi connectivity index (χ4v) is 9.22. The van der Waals surface area contributed by atoms with Gasteiger partial charge in [-0.15, -0.1) is 0 Å². The minimum Gasteiger partial charge on any atom is -0.492 e. The molecular weight excluding hydrogens is 1150 g/mol. The lowest BCUT2D eigenvalue weighted by Crippen LogP contribution is -2.52. The predicted octanol–water partition coefficient (Wildman–Crippen LogP) is 7.31. The number of nitrogens with zero attached hydrogens (tertiary/aromatic N) is 5. The molecule has 5 fully saturated rings. The third kappa shape index (κ3) is 18.7. The molecule has 5 atom stereocenters. The van der Waals surface area contributed by atoms with Gasteiger partial charge in [0.25, 0.3) is 25.2 Å². The summed E-state index contributed by atoms with van der Waals surface area (Å²) >= 11 is 3.19. The maximum atomic E-state index is 14.7. The van der Waals surface area contributed by atoms with Crippen LogP contribution in [0.5, 0.6) is 11.5 Å². The van der Waals surface area contributed by atoms with E-state index in [0.29, 0.717) is 59.3 Å². The van der Waals surface area contributed by atoms with Gasteiger partial charge >= 0.3 is 0 Å². The third-order valence-electron chi connectivity index (χ3n) is 14.6. The highest BCUT2D eigenvalue weighted by atomic mass is 79.9. The molecule has 82 heavy (non-hydrogen) atoms. The summed E-state index contributed by atoms with van der Waals surface area (Å²) in [5.41, 5.74) is 0.391. The smallest absolute Gasteiger partial charge is 0.293 e. The van der Waals surface area contributed by atoms with Crippen LogP contribution in [0.2, 0.25) is 0 Å². The lowest BCUT2D eigenvalue weighted by Gasteiger charge is -2.40. The number of rotatable bonds is 16. The monoisotopic (exact) mass is 1210 g/mol. The van der Waals surface area contributed by atoms with Crippen LogP contribution in [0.3, 0.4) is 0 Å². The van der Waals surface area contributed by atoms with Crippen LogP contribution < -0.4 is 42.1 Å². The molecule has 2 aliphatic carbocycles. The number of hydrogen-bond acceptors (Lipinski definition) is 13. The van der Waals surface area contributed by atoms with Crippen LogP contribution in [0.4, 0.5) is 38.0 Å². The van der Waals surface area contributed by atoms with Gasteiger partial charge < -0.3 is 49.6 Å². The summed E-state index contributed by atoms with van der Waals surface area (Å²) in [4.78, 5) is 84.2. The van der Waals surface area contributed by atoms with Crippen LogP contribution in [0.15, 0.2) is 106 Å². The summed E-state index contributed by atoms with van der Waals surface area (Å²) in [7, 11) is 2.81. The lowest BCUT2D eigenvalue weighted by atomic mass is 9.82. The van der Waals surface area contributed by atoms with Gasteiger partial charge in [0.1, 0.15) is 23.1 Å². The van der Waals surface area contributed by atoms with E-state index in [1.54, 1.807) is 54.2 Å². The van der Waals surface area contributed by atoms with E-state index < -0.39 is 41.6 Å². The number of likely N-dealkylation sites (tertiary alicyclic amines) is 1. The largest absolute Gasteiger partial charge is 0.492 e. The summed E-state index contributed by atoms with van der Waals surface area (Å²) in [5.74, 6) is -8.11. The minimum absolute atomic E-state index is 0.0150. The number of alkyl halides is 7. The van der Waals surface area contributed by atoms with E-state index in [1.165, 1.54) is 99.7 Å². The first kappa shape index (κ1) is 63.0. The summed E-state index contributed by atoms with van der Waals surface area (Å²) in [6, 6.07) is 14.5. The first-order valence-corrected chi connectivity index (χ1v) is 28.0. The maximum Gasteiger partial charge on any atom is 0.293 e. The normalized spacial score (nSPS) is 21.6. The van der Waals surface area contributed by atoms with Gasteiger partial charge in [-0.2, -0.15) is 0 Å². The molecule has 3 aliphatic heterocycles. The van der Waals surface area contributed by atoms with E-state index >= 15 is 0 Å². The number of H-pyrrole nitrogens is 2. The summed E-state index contributed by atoms with van der Waals surface area (Å²) in [6.07, 6.45) is 12.0. The number of nitrogens with one attached hydrogen (secondary N) is 5. The zero-order valence-electron chi connectivity index (χ0n) is 45.6. The molecule has 10 rings (SSSR count). The molecule has 2 amide bonds. The number of amides is 2. The maximum absolute atomic E-state index is 14.7. The number of carbonyl (C=O) groups excluding carboxylic acids is 3. The highest BCUT2D eigenvalue weighted by Gasteiger charge is 2.47. The fourth-order valence-electron chi connectivity index (χ4n) is 9.11. The van der Waals surface area contributed by atoms with Gasteiger partial charge in [-0.05, 0) is 105 Å². The van der Waals surface area contributed by atoms with Crippen LogP contribution in [0, 0.1) is 11.8 Å². The zero-order chi connectivity index (χ0) is 59.2. The van der Waals surface area contributed by atoms with Crippen molar-refractivity contribution in [2.24, 2.45) is 18.9 Å². The van der Waals surface area contributed by atoms with Gasteiger partial charge in [0, 0.05) is 89.3 Å². The molecule has 26 heteroatoms. The van der Waals surface area contributed by atoms with Crippen LogP contribution in [-0.2, 0) is 21.4 Å². The number of pyridine rings is 5. The molecule has 2 saturated carbocycles. The van der Waals surface area contributed by atoms with Gasteiger partial charge in [-0.1, -0.05) is 34.1 Å². The minimum atomic E-state index is -2.91. The van der Waals surface area contributed by atoms with E-state index in [9.17, 15) is 55.1 Å². The SMILES string of the molecule is CC(Br)C(=O)Nc1ccc(OCC2CC2)cn1.C[C@@H](C(=O)Nc1ccc(OCC2CC2)cn1)N1CCC(F)(F)[C@@H](c2ccc(=O)n(C)c2)C1.O=C[B]N1CCC(F)(F)C(c2ccc(=O)[nH]c2)C1.O=c1ccc(C2CNCCC2(F)F)c[nH]1. The Kier molecular flexibility index (Phi) is 21.9. The van der Waals surface area contributed by atoms with Gasteiger partial charge in [0.05, 0.1) is 60.4 Å². The van der Waals surface area contributed by atoms with Crippen LogP contribution in [0.1, 0.15) is 93.2 Å². The average Bonchev–Trinajstić information content (AvgIpc) is 4.49. The van der Waals surface area contributed by atoms with Gasteiger partial charge in [0.2, 0.25) is 28.5 Å². The lowest BCUT2D eigenvalue weighted by molar-refractivity contribution is -0.125. The number of ether oxygens (including phenoxy) is 2. The number of aromatic nitrogens is 5. The molecule has 0 spiro atoms. The Hall–Kier alpha value is -6.64. The quantitative estimate of drug-likeness (QED) is 0.0283. The third-order valence-corrected chi connectivity index (χ3v) is 15.1. The van der Waals surface area contributed by atoms with Crippen molar-refractivity contribution < 1.29 is 50.2 Å². The Morgan fingerprint density at radius 2 is 1.22 bits per heavy atom. The number of anilines is 2. The van der Waals surface area contributed by atoms with E-state index in [2.05, 4.69) is 51.8 Å². The Labute approximate surface area is 479 Å². The second-order valence-electron chi connectivity index (χ2n) is 21.1. The van der Waals surface area contributed by atoms with Crippen LogP contribution >= 0.6 is 15.9 Å². The highest BCUT2D eigenvalue weighted by molar-refractivity contribution is 9.10. The van der Waals surface area contributed by atoms with Gasteiger partial charge in [0.15, 0.2) is 0 Å². The molecule has 0 bridgehead atoms. The van der Waals surface area contributed by atoms with Crippen molar-refractivity contribution >= 4 is 53.0 Å². The summed E-state index contributed by atoms with van der Waals surface area (Å²) < 4.78 is 96.6. The molecule has 5 N–H and O–H groups in total. The second kappa shape index (κ2) is 28.6. The molecule has 3 unspecified atom stereocenters. The fraction of sp³-hybridized carbons (Fsp3) is 0.500. The molecule has 1 radical (unpaired) electrons. The standard InChI is InChI=1S/C23H28F2N4O3.C12H15BrN2O2.C11H12BF2N2O2.C10H12F2N2O/c1-15(22(31)27-20-7-6-18(11-26-20)32-14-16-3-4-16)29-10-9-23(24,25)19(13-29)17-5-8-21(30)28(2)12-17;1-8(13)12(16)15-11-5-4-10(6-14-11)17-7-9-2-3-9;13-11(14)3-4-16(12-7-17)6-9(11)8-1-2-10(18)15-5-8;11-10(12)3-4-13-6-8(10)7-1-2-9(15)14-5-7/h5-8,11-12,15-16,19H,3-4,9-10,13-14H2,1-2H3,(H,26,27,31);4-6,8-9H,2-3,7H2,1H3,(H,14,15,16);1-2,5,7,9H,3-4,6H2,(H,15,18);1-2,5,8,13H,3-4,6H2,(H,14,15)/t15-,19+;;;/m0.../s1.